The van der Waals surface area contributed by atoms with E-state index >= 15 is 0 Å². The van der Waals surface area contributed by atoms with E-state index in [-0.39, 0.29) is 5.92 Å². The first-order chi connectivity index (χ1) is 5.65. The van der Waals surface area contributed by atoms with Crippen molar-refractivity contribution in [3.8, 4) is 0 Å². The third-order valence-electron chi connectivity index (χ3n) is 1.67. The molecular weight excluding hydrogens is 195 g/mol. The zero-order valence-corrected chi connectivity index (χ0v) is 8.06. The van der Waals surface area contributed by atoms with E-state index in [1.807, 2.05) is 6.92 Å². The van der Waals surface area contributed by atoms with Crippen LogP contribution in [0.4, 0.5) is 0 Å². The molecule has 0 bridgehead atoms. The number of halogens is 2. The van der Waals surface area contributed by atoms with Gasteiger partial charge in [0.15, 0.2) is 0 Å². The molecule has 0 amide bonds. The molecule has 0 aliphatic carbocycles. The second-order valence-corrected chi connectivity index (χ2v) is 3.41. The summed E-state index contributed by atoms with van der Waals surface area (Å²) in [5.41, 5.74) is 0.888. The Kier molecular flexibility index (Phi) is 3.12. The van der Waals surface area contributed by atoms with Gasteiger partial charge < -0.3 is 4.79 Å². The predicted molar refractivity (Wildman–Crippen MR) is 50.9 cm³/mol. The highest BCUT2D eigenvalue weighted by Gasteiger charge is 2.05. The molecule has 1 aromatic carbocycles. The Morgan fingerprint density at radius 2 is 2.00 bits per heavy atom. The van der Waals surface area contributed by atoms with Crippen molar-refractivity contribution >= 4 is 29.5 Å². The summed E-state index contributed by atoms with van der Waals surface area (Å²) in [4.78, 5) is 10.4. The summed E-state index contributed by atoms with van der Waals surface area (Å²) in [6, 6.07) is 5.20. The molecular formula is C9H8Cl2O. The van der Waals surface area contributed by atoms with E-state index in [0.29, 0.717) is 10.0 Å². The molecule has 0 heterocycles. The Labute approximate surface area is 81.3 Å². The van der Waals surface area contributed by atoms with Crippen molar-refractivity contribution in [2.45, 2.75) is 12.8 Å². The minimum absolute atomic E-state index is 0.125. The van der Waals surface area contributed by atoms with Crippen LogP contribution in [-0.4, -0.2) is 6.29 Å². The molecule has 1 nitrogen and oxygen atoms in total. The monoisotopic (exact) mass is 202 g/mol. The van der Waals surface area contributed by atoms with Crippen LogP contribution < -0.4 is 0 Å². The second kappa shape index (κ2) is 3.92. The predicted octanol–water partition coefficient (Wildman–Crippen LogP) is 3.30. The number of aldehydes is 1. The van der Waals surface area contributed by atoms with Gasteiger partial charge in [-0.2, -0.15) is 0 Å². The lowest BCUT2D eigenvalue weighted by Gasteiger charge is -2.04. The Balaban J connectivity index is 3.04. The number of hydrogen-bond acceptors (Lipinski definition) is 1. The number of rotatable bonds is 2. The molecule has 1 aromatic rings. The van der Waals surface area contributed by atoms with Gasteiger partial charge in [-0.25, -0.2) is 0 Å². The second-order valence-electron chi connectivity index (χ2n) is 2.60. The van der Waals surface area contributed by atoms with E-state index in [1.54, 1.807) is 18.2 Å². The van der Waals surface area contributed by atoms with Crippen molar-refractivity contribution in [3.63, 3.8) is 0 Å². The van der Waals surface area contributed by atoms with Gasteiger partial charge in [0.2, 0.25) is 0 Å². The van der Waals surface area contributed by atoms with Gasteiger partial charge in [0.25, 0.3) is 0 Å². The zero-order chi connectivity index (χ0) is 9.14. The van der Waals surface area contributed by atoms with E-state index in [9.17, 15) is 4.79 Å². The molecule has 0 aromatic heterocycles. The molecule has 0 N–H and O–H groups in total. The lowest BCUT2D eigenvalue weighted by atomic mass is 10.0. The van der Waals surface area contributed by atoms with E-state index in [0.717, 1.165) is 11.8 Å². The fourth-order valence-corrected chi connectivity index (χ4v) is 1.18. The molecule has 0 aliphatic rings. The largest absolute Gasteiger partial charge is 0.303 e. The standard InChI is InChI=1S/C9H8Cl2O/c1-6(5-12)7-2-3-8(10)9(11)4-7/h2-6H,1H3. The number of carbonyl (C=O) groups excluding carboxylic acids is 1. The first kappa shape index (κ1) is 9.56. The Bertz CT molecular complexity index is 297. The van der Waals surface area contributed by atoms with Gasteiger partial charge in [-0.1, -0.05) is 36.2 Å². The first-order valence-corrected chi connectivity index (χ1v) is 4.31. The van der Waals surface area contributed by atoms with Gasteiger partial charge in [-0.3, -0.25) is 0 Å². The van der Waals surface area contributed by atoms with Crippen molar-refractivity contribution in [1.29, 1.82) is 0 Å². The molecule has 0 saturated heterocycles. The maximum atomic E-state index is 10.4. The molecule has 3 heteroatoms. The van der Waals surface area contributed by atoms with Crippen LogP contribution in [0, 0.1) is 0 Å². The molecule has 1 rings (SSSR count). The summed E-state index contributed by atoms with van der Waals surface area (Å²) in [7, 11) is 0. The van der Waals surface area contributed by atoms with E-state index in [1.165, 1.54) is 0 Å². The SMILES string of the molecule is CC(C=O)c1ccc(Cl)c(Cl)c1. The molecule has 0 spiro atoms. The average Bonchev–Trinajstić information content (AvgIpc) is 2.08. The minimum Gasteiger partial charge on any atom is -0.303 e. The van der Waals surface area contributed by atoms with Crippen LogP contribution in [0.2, 0.25) is 10.0 Å². The third kappa shape index (κ3) is 1.99. The first-order valence-electron chi connectivity index (χ1n) is 3.55. The van der Waals surface area contributed by atoms with Crippen LogP contribution >= 0.6 is 23.2 Å². The van der Waals surface area contributed by atoms with Gasteiger partial charge >= 0.3 is 0 Å². The van der Waals surface area contributed by atoms with Crippen LogP contribution in [0.25, 0.3) is 0 Å². The minimum atomic E-state index is -0.125. The summed E-state index contributed by atoms with van der Waals surface area (Å²) in [5.74, 6) is -0.125. The van der Waals surface area contributed by atoms with Crippen LogP contribution in [0.3, 0.4) is 0 Å². The van der Waals surface area contributed by atoms with Crippen LogP contribution in [-0.2, 0) is 4.79 Å². The van der Waals surface area contributed by atoms with Gasteiger partial charge in [0.1, 0.15) is 6.29 Å². The highest BCUT2D eigenvalue weighted by Crippen LogP contribution is 2.25. The van der Waals surface area contributed by atoms with E-state index in [2.05, 4.69) is 0 Å². The Morgan fingerprint density at radius 3 is 2.50 bits per heavy atom. The maximum Gasteiger partial charge on any atom is 0.127 e. The van der Waals surface area contributed by atoms with Crippen molar-refractivity contribution in [2.24, 2.45) is 0 Å². The molecule has 12 heavy (non-hydrogen) atoms. The summed E-state index contributed by atoms with van der Waals surface area (Å²) >= 11 is 11.5. The molecule has 0 aliphatic heterocycles. The van der Waals surface area contributed by atoms with Gasteiger partial charge in [-0.05, 0) is 17.7 Å². The lowest BCUT2D eigenvalue weighted by molar-refractivity contribution is -0.108. The Hall–Kier alpha value is -0.530. The number of hydrogen-bond donors (Lipinski definition) is 0. The third-order valence-corrected chi connectivity index (χ3v) is 2.41. The highest BCUT2D eigenvalue weighted by atomic mass is 35.5. The summed E-state index contributed by atoms with van der Waals surface area (Å²) in [6.07, 6.45) is 0.875. The Morgan fingerprint density at radius 1 is 1.33 bits per heavy atom. The summed E-state index contributed by atoms with van der Waals surface area (Å²) < 4.78 is 0. The van der Waals surface area contributed by atoms with Crippen molar-refractivity contribution in [3.05, 3.63) is 33.8 Å². The van der Waals surface area contributed by atoms with Gasteiger partial charge in [-0.15, -0.1) is 0 Å². The fourth-order valence-electron chi connectivity index (χ4n) is 0.874. The summed E-state index contributed by atoms with van der Waals surface area (Å²) in [6.45, 7) is 1.81. The molecule has 1 unspecified atom stereocenters. The van der Waals surface area contributed by atoms with E-state index < -0.39 is 0 Å². The highest BCUT2D eigenvalue weighted by molar-refractivity contribution is 6.42. The van der Waals surface area contributed by atoms with Gasteiger partial charge in [0.05, 0.1) is 10.0 Å². The van der Waals surface area contributed by atoms with Crippen LogP contribution in [0.5, 0.6) is 0 Å². The van der Waals surface area contributed by atoms with Gasteiger partial charge in [0, 0.05) is 5.92 Å². The smallest absolute Gasteiger partial charge is 0.127 e. The lowest BCUT2D eigenvalue weighted by Crippen LogP contribution is -1.93. The molecule has 1 atom stereocenters. The van der Waals surface area contributed by atoms with Crippen LogP contribution in [0.15, 0.2) is 18.2 Å². The molecule has 64 valence electrons. The van der Waals surface area contributed by atoms with Crippen molar-refractivity contribution in [1.82, 2.24) is 0 Å². The molecule has 0 saturated carbocycles. The zero-order valence-electron chi connectivity index (χ0n) is 6.55. The number of benzene rings is 1. The number of carbonyl (C=O) groups is 1. The fraction of sp³-hybridized carbons (Fsp3) is 0.222. The topological polar surface area (TPSA) is 17.1 Å². The quantitative estimate of drug-likeness (QED) is 0.674. The average molecular weight is 203 g/mol. The molecule has 0 fully saturated rings. The van der Waals surface area contributed by atoms with E-state index in [4.69, 9.17) is 23.2 Å². The molecule has 0 radical (unpaired) electrons. The maximum absolute atomic E-state index is 10.4. The summed E-state index contributed by atoms with van der Waals surface area (Å²) in [5, 5.41) is 1.00. The van der Waals surface area contributed by atoms with Crippen molar-refractivity contribution < 1.29 is 4.79 Å². The normalized spacial score (nSPS) is 12.6. The van der Waals surface area contributed by atoms with Crippen molar-refractivity contribution in [2.75, 3.05) is 0 Å². The van der Waals surface area contributed by atoms with Crippen LogP contribution in [0.1, 0.15) is 18.4 Å².